The predicted molar refractivity (Wildman–Crippen MR) is 90.3 cm³/mol. The van der Waals surface area contributed by atoms with Gasteiger partial charge in [-0.3, -0.25) is 4.21 Å². The monoisotopic (exact) mass is 321 g/mol. The Morgan fingerprint density at radius 1 is 1.14 bits per heavy atom. The molecule has 2 rings (SSSR count). The quantitative estimate of drug-likeness (QED) is 0.922. The summed E-state index contributed by atoms with van der Waals surface area (Å²) in [6, 6.07) is 11.2. The van der Waals surface area contributed by atoms with Crippen LogP contribution >= 0.6 is 11.6 Å². The summed E-state index contributed by atoms with van der Waals surface area (Å²) in [6.45, 7) is 6.17. The summed E-state index contributed by atoms with van der Waals surface area (Å²) < 4.78 is 12.5. The maximum Gasteiger partial charge on any atom is 0.0574 e. The third kappa shape index (κ3) is 3.73. The van der Waals surface area contributed by atoms with Crippen molar-refractivity contribution in [1.29, 1.82) is 0 Å². The van der Waals surface area contributed by atoms with Gasteiger partial charge in [0.2, 0.25) is 0 Å². The highest BCUT2D eigenvalue weighted by Gasteiger charge is 2.17. The van der Waals surface area contributed by atoms with E-state index in [0.29, 0.717) is 15.7 Å². The summed E-state index contributed by atoms with van der Waals surface area (Å²) in [4.78, 5) is 0.650. The van der Waals surface area contributed by atoms with Gasteiger partial charge in [-0.2, -0.15) is 0 Å². The fraction of sp³-hybridized carbons (Fsp3) is 0.294. The molecule has 0 saturated carbocycles. The Balaban J connectivity index is 2.25. The molecule has 2 aromatic rings. The highest BCUT2D eigenvalue weighted by atomic mass is 35.5. The average molecular weight is 322 g/mol. The Bertz CT molecular complexity index is 661. The minimum atomic E-state index is -1.20. The number of hydrogen-bond donors (Lipinski definition) is 1. The van der Waals surface area contributed by atoms with Gasteiger partial charge in [0.15, 0.2) is 0 Å². The van der Waals surface area contributed by atoms with Crippen LogP contribution < -0.4 is 5.73 Å². The van der Waals surface area contributed by atoms with Crippen molar-refractivity contribution in [3.8, 4) is 0 Å². The van der Waals surface area contributed by atoms with Gasteiger partial charge in [0.1, 0.15) is 0 Å². The van der Waals surface area contributed by atoms with Crippen molar-refractivity contribution < 1.29 is 4.21 Å². The zero-order valence-electron chi connectivity index (χ0n) is 12.5. The van der Waals surface area contributed by atoms with Crippen LogP contribution in [0.2, 0.25) is 5.02 Å². The van der Waals surface area contributed by atoms with E-state index in [1.165, 1.54) is 5.56 Å². The van der Waals surface area contributed by atoms with Crippen molar-refractivity contribution in [3.63, 3.8) is 0 Å². The molecule has 112 valence electrons. The first-order valence-corrected chi connectivity index (χ1v) is 8.56. The number of nitrogens with two attached hydrogens (primary N) is 1. The molecule has 2 nitrogen and oxygen atoms in total. The van der Waals surface area contributed by atoms with Crippen molar-refractivity contribution in [2.24, 2.45) is 5.73 Å². The second-order valence-corrected chi connectivity index (χ2v) is 7.23. The maximum atomic E-state index is 12.5. The fourth-order valence-corrected chi connectivity index (χ4v) is 4.32. The van der Waals surface area contributed by atoms with Gasteiger partial charge >= 0.3 is 0 Å². The molecular weight excluding hydrogens is 302 g/mol. The number of hydrogen-bond acceptors (Lipinski definition) is 2. The van der Waals surface area contributed by atoms with Crippen LogP contribution in [-0.4, -0.2) is 9.96 Å². The summed E-state index contributed by atoms with van der Waals surface area (Å²) in [5.41, 5.74) is 10.9. The number of aryl methyl sites for hydroxylation is 3. The first-order chi connectivity index (χ1) is 9.90. The van der Waals surface area contributed by atoms with Gasteiger partial charge < -0.3 is 5.73 Å². The van der Waals surface area contributed by atoms with Crippen molar-refractivity contribution in [1.82, 2.24) is 0 Å². The molecule has 2 N–H and O–H groups in total. The van der Waals surface area contributed by atoms with Crippen LogP contribution in [0.5, 0.6) is 0 Å². The third-order valence-corrected chi connectivity index (χ3v) is 5.47. The first kappa shape index (κ1) is 16.2. The van der Waals surface area contributed by atoms with E-state index in [-0.39, 0.29) is 6.04 Å². The van der Waals surface area contributed by atoms with Crippen LogP contribution in [0.15, 0.2) is 41.3 Å². The zero-order chi connectivity index (χ0) is 15.6. The van der Waals surface area contributed by atoms with E-state index in [9.17, 15) is 4.21 Å². The third-order valence-electron chi connectivity index (χ3n) is 3.52. The van der Waals surface area contributed by atoms with Gasteiger partial charge in [0.25, 0.3) is 0 Å². The van der Waals surface area contributed by atoms with Crippen molar-refractivity contribution >= 4 is 22.4 Å². The molecule has 0 bridgehead atoms. The minimum absolute atomic E-state index is 0.261. The number of benzene rings is 2. The van der Waals surface area contributed by atoms with Crippen LogP contribution in [0, 0.1) is 20.8 Å². The molecule has 2 unspecified atom stereocenters. The van der Waals surface area contributed by atoms with E-state index in [1.54, 1.807) is 12.1 Å². The van der Waals surface area contributed by atoms with E-state index in [0.717, 1.165) is 16.7 Å². The summed E-state index contributed by atoms with van der Waals surface area (Å²) in [5, 5.41) is 0.528. The molecule has 0 fully saturated rings. The predicted octanol–water partition coefficient (Wildman–Crippen LogP) is 4.07. The van der Waals surface area contributed by atoms with E-state index in [4.69, 9.17) is 17.3 Å². The van der Waals surface area contributed by atoms with Crippen LogP contribution in [0.25, 0.3) is 0 Å². The molecule has 0 heterocycles. The number of rotatable bonds is 4. The molecule has 0 aliphatic heterocycles. The molecule has 0 saturated heterocycles. The lowest BCUT2D eigenvalue weighted by Gasteiger charge is -2.18. The summed E-state index contributed by atoms with van der Waals surface area (Å²) in [6.07, 6.45) is 0. The zero-order valence-corrected chi connectivity index (χ0v) is 14.1. The highest BCUT2D eigenvalue weighted by molar-refractivity contribution is 7.85. The Kier molecular flexibility index (Phi) is 5.20. The average Bonchev–Trinajstić information content (AvgIpc) is 2.37. The van der Waals surface area contributed by atoms with Gasteiger partial charge in [-0.1, -0.05) is 41.4 Å². The molecule has 4 heteroatoms. The number of halogens is 1. The van der Waals surface area contributed by atoms with E-state index in [2.05, 4.69) is 19.1 Å². The maximum absolute atomic E-state index is 12.5. The van der Waals surface area contributed by atoms with Gasteiger partial charge in [-0.25, -0.2) is 0 Å². The molecule has 0 aromatic heterocycles. The van der Waals surface area contributed by atoms with Crippen LogP contribution in [0.3, 0.4) is 0 Å². The van der Waals surface area contributed by atoms with Gasteiger partial charge in [-0.15, -0.1) is 0 Å². The smallest absolute Gasteiger partial charge is 0.0574 e. The standard InChI is InChI=1S/C17H20ClNOS/c1-11-8-12(2)17(13(3)9-11)15(19)10-21(20)16-7-5-4-6-14(16)18/h4-9,15H,10,19H2,1-3H3. The molecular formula is C17H20ClNOS. The lowest BCUT2D eigenvalue weighted by Crippen LogP contribution is -2.20. The van der Waals surface area contributed by atoms with Crippen LogP contribution in [0.1, 0.15) is 28.3 Å². The second-order valence-electron chi connectivity index (χ2n) is 5.36. The first-order valence-electron chi connectivity index (χ1n) is 6.86. The fourth-order valence-electron chi connectivity index (χ4n) is 2.74. The van der Waals surface area contributed by atoms with Crippen molar-refractivity contribution in [3.05, 3.63) is 63.7 Å². The Hall–Kier alpha value is -1.16. The van der Waals surface area contributed by atoms with Gasteiger partial charge in [-0.05, 0) is 49.6 Å². The molecule has 0 radical (unpaired) electrons. The lowest BCUT2D eigenvalue weighted by molar-refractivity contribution is 0.674. The van der Waals surface area contributed by atoms with E-state index >= 15 is 0 Å². The molecule has 0 aliphatic carbocycles. The molecule has 2 aromatic carbocycles. The van der Waals surface area contributed by atoms with E-state index < -0.39 is 10.8 Å². The largest absolute Gasteiger partial charge is 0.323 e. The topological polar surface area (TPSA) is 43.1 Å². The Labute approximate surface area is 133 Å². The lowest BCUT2D eigenvalue weighted by atomic mass is 9.95. The highest BCUT2D eigenvalue weighted by Crippen LogP contribution is 2.26. The SMILES string of the molecule is Cc1cc(C)c(C(N)CS(=O)c2ccccc2Cl)c(C)c1. The Morgan fingerprint density at radius 3 is 2.29 bits per heavy atom. The summed E-state index contributed by atoms with van der Waals surface area (Å²) >= 11 is 6.10. The van der Waals surface area contributed by atoms with Crippen LogP contribution in [0.4, 0.5) is 0 Å². The van der Waals surface area contributed by atoms with Gasteiger partial charge in [0.05, 0.1) is 20.7 Å². The molecule has 0 spiro atoms. The normalized spacial score (nSPS) is 14.0. The van der Waals surface area contributed by atoms with Crippen molar-refractivity contribution in [2.45, 2.75) is 31.7 Å². The molecule has 0 amide bonds. The Morgan fingerprint density at radius 2 is 1.71 bits per heavy atom. The van der Waals surface area contributed by atoms with Crippen LogP contribution in [-0.2, 0) is 10.8 Å². The molecule has 0 aliphatic rings. The second kappa shape index (κ2) is 6.73. The van der Waals surface area contributed by atoms with Crippen molar-refractivity contribution in [2.75, 3.05) is 5.75 Å². The summed E-state index contributed by atoms with van der Waals surface area (Å²) in [7, 11) is -1.20. The van der Waals surface area contributed by atoms with E-state index in [1.807, 2.05) is 26.0 Å². The molecule has 2 atom stereocenters. The summed E-state index contributed by atoms with van der Waals surface area (Å²) in [5.74, 6) is 0.370. The molecule has 21 heavy (non-hydrogen) atoms. The van der Waals surface area contributed by atoms with Gasteiger partial charge in [0, 0.05) is 11.8 Å². The minimum Gasteiger partial charge on any atom is -0.323 e.